The zero-order chi connectivity index (χ0) is 12.1. The van der Waals surface area contributed by atoms with Crippen LogP contribution in [0.3, 0.4) is 0 Å². The lowest BCUT2D eigenvalue weighted by molar-refractivity contribution is 0.106. The second kappa shape index (κ2) is 5.96. The van der Waals surface area contributed by atoms with E-state index in [1.807, 2.05) is 0 Å². The van der Waals surface area contributed by atoms with E-state index in [0.29, 0.717) is 5.41 Å². The summed E-state index contributed by atoms with van der Waals surface area (Å²) in [5.74, 6) is 0. The average molecular weight is 228 g/mol. The van der Waals surface area contributed by atoms with E-state index in [-0.39, 0.29) is 0 Å². The van der Waals surface area contributed by atoms with Gasteiger partial charge in [-0.2, -0.15) is 0 Å². The van der Waals surface area contributed by atoms with E-state index in [9.17, 15) is 0 Å². The van der Waals surface area contributed by atoms with Crippen LogP contribution in [0.25, 0.3) is 0 Å². The molecule has 1 saturated carbocycles. The van der Waals surface area contributed by atoms with Crippen LogP contribution in [0.1, 0.15) is 51.4 Å². The van der Waals surface area contributed by atoms with Crippen molar-refractivity contribution in [3.63, 3.8) is 0 Å². The van der Waals surface area contributed by atoms with E-state index in [4.69, 9.17) is 22.9 Å². The molecule has 0 spiro atoms. The normalized spacial score (nSPS) is 23.2. The maximum atomic E-state index is 5.98. The number of rotatable bonds is 6. The number of hydrogen-bond donors (Lipinski definition) is 4. The van der Waals surface area contributed by atoms with Crippen LogP contribution in [0.2, 0.25) is 0 Å². The maximum absolute atomic E-state index is 5.98. The summed E-state index contributed by atoms with van der Waals surface area (Å²) in [5, 5.41) is 0. The average Bonchev–Trinajstić information content (AvgIpc) is 2.27. The Hall–Kier alpha value is -0.160. The fourth-order valence-corrected chi connectivity index (χ4v) is 2.82. The molecule has 1 fully saturated rings. The van der Waals surface area contributed by atoms with E-state index in [0.717, 1.165) is 51.6 Å². The predicted molar refractivity (Wildman–Crippen MR) is 68.6 cm³/mol. The zero-order valence-corrected chi connectivity index (χ0v) is 10.4. The van der Waals surface area contributed by atoms with E-state index in [1.165, 1.54) is 12.8 Å². The molecule has 0 amide bonds. The molecule has 0 aromatic rings. The van der Waals surface area contributed by atoms with E-state index in [2.05, 4.69) is 0 Å². The van der Waals surface area contributed by atoms with Crippen LogP contribution in [-0.4, -0.2) is 18.8 Å². The van der Waals surface area contributed by atoms with E-state index >= 15 is 0 Å². The summed E-state index contributed by atoms with van der Waals surface area (Å²) in [5.41, 5.74) is 23.2. The molecule has 0 aromatic heterocycles. The highest BCUT2D eigenvalue weighted by Gasteiger charge is 2.37. The first kappa shape index (κ1) is 13.9. The Morgan fingerprint density at radius 2 is 1.19 bits per heavy atom. The minimum atomic E-state index is -0.436. The zero-order valence-electron chi connectivity index (χ0n) is 10.4. The molecule has 0 atom stereocenters. The Morgan fingerprint density at radius 1 is 0.750 bits per heavy atom. The second-order valence-corrected chi connectivity index (χ2v) is 5.52. The minimum Gasteiger partial charge on any atom is -0.330 e. The van der Waals surface area contributed by atoms with Gasteiger partial charge in [0.1, 0.15) is 0 Å². The smallest absolute Gasteiger partial charge is 0.0637 e. The van der Waals surface area contributed by atoms with Gasteiger partial charge >= 0.3 is 0 Å². The molecule has 0 radical (unpaired) electrons. The lowest BCUT2D eigenvalue weighted by Gasteiger charge is -2.43. The highest BCUT2D eigenvalue weighted by atomic mass is 15.0. The van der Waals surface area contributed by atoms with Gasteiger partial charge in [0.2, 0.25) is 0 Å². The lowest BCUT2D eigenvalue weighted by Crippen LogP contribution is -2.53. The standard InChI is InChI=1S/C12H28N4/c13-9-1-3-11(4-2-10-14)5-7-12(15,16)8-6-11/h1-10,13-16H2. The summed E-state index contributed by atoms with van der Waals surface area (Å²) < 4.78 is 0. The van der Waals surface area contributed by atoms with Gasteiger partial charge < -0.3 is 22.9 Å². The lowest BCUT2D eigenvalue weighted by atomic mass is 9.66. The monoisotopic (exact) mass is 228 g/mol. The molecule has 1 rings (SSSR count). The second-order valence-electron chi connectivity index (χ2n) is 5.52. The molecule has 0 aromatic carbocycles. The summed E-state index contributed by atoms with van der Waals surface area (Å²) in [4.78, 5) is 0. The Labute approximate surface area is 99.1 Å². The van der Waals surface area contributed by atoms with Crippen molar-refractivity contribution in [2.75, 3.05) is 13.1 Å². The third-order valence-electron chi connectivity index (χ3n) is 4.06. The SMILES string of the molecule is NCCCC1(CCCN)CCC(N)(N)CC1. The van der Waals surface area contributed by atoms with Gasteiger partial charge in [0.25, 0.3) is 0 Å². The van der Waals surface area contributed by atoms with Gasteiger partial charge in [-0.3, -0.25) is 0 Å². The van der Waals surface area contributed by atoms with Gasteiger partial charge in [-0.05, 0) is 69.9 Å². The van der Waals surface area contributed by atoms with Crippen molar-refractivity contribution in [1.29, 1.82) is 0 Å². The van der Waals surface area contributed by atoms with Crippen LogP contribution in [-0.2, 0) is 0 Å². The molecule has 1 aliphatic rings. The van der Waals surface area contributed by atoms with Crippen LogP contribution in [0.15, 0.2) is 0 Å². The van der Waals surface area contributed by atoms with Crippen LogP contribution in [0.4, 0.5) is 0 Å². The van der Waals surface area contributed by atoms with E-state index in [1.54, 1.807) is 0 Å². The molecule has 4 nitrogen and oxygen atoms in total. The molecule has 0 bridgehead atoms. The number of nitrogens with two attached hydrogens (primary N) is 4. The molecule has 1 aliphatic carbocycles. The summed E-state index contributed by atoms with van der Waals surface area (Å²) >= 11 is 0. The predicted octanol–water partition coefficient (Wildman–Crippen LogP) is 0.638. The van der Waals surface area contributed by atoms with Gasteiger partial charge in [-0.1, -0.05) is 0 Å². The molecule has 0 unspecified atom stereocenters. The molecular weight excluding hydrogens is 200 g/mol. The molecule has 16 heavy (non-hydrogen) atoms. The first-order valence-electron chi connectivity index (χ1n) is 6.52. The molecule has 0 aliphatic heterocycles. The van der Waals surface area contributed by atoms with Gasteiger partial charge in [-0.15, -0.1) is 0 Å². The molecular formula is C12H28N4. The topological polar surface area (TPSA) is 104 Å². The van der Waals surface area contributed by atoms with Crippen molar-refractivity contribution < 1.29 is 0 Å². The van der Waals surface area contributed by atoms with Crippen LogP contribution < -0.4 is 22.9 Å². The molecule has 0 heterocycles. The molecule has 96 valence electrons. The fourth-order valence-electron chi connectivity index (χ4n) is 2.82. The van der Waals surface area contributed by atoms with Gasteiger partial charge in [0, 0.05) is 0 Å². The number of hydrogen-bond acceptors (Lipinski definition) is 4. The largest absolute Gasteiger partial charge is 0.330 e. The van der Waals surface area contributed by atoms with Crippen LogP contribution in [0, 0.1) is 5.41 Å². The highest BCUT2D eigenvalue weighted by molar-refractivity contribution is 4.92. The van der Waals surface area contributed by atoms with E-state index < -0.39 is 5.66 Å². The summed E-state index contributed by atoms with van der Waals surface area (Å²) in [7, 11) is 0. The van der Waals surface area contributed by atoms with Crippen LogP contribution in [0.5, 0.6) is 0 Å². The first-order valence-corrected chi connectivity index (χ1v) is 6.52. The Kier molecular flexibility index (Phi) is 5.18. The molecule has 8 N–H and O–H groups in total. The minimum absolute atomic E-state index is 0.418. The van der Waals surface area contributed by atoms with Crippen molar-refractivity contribution in [3.8, 4) is 0 Å². The van der Waals surface area contributed by atoms with Crippen molar-refractivity contribution in [1.82, 2.24) is 0 Å². The first-order chi connectivity index (χ1) is 7.54. The molecule has 0 saturated heterocycles. The van der Waals surface area contributed by atoms with Crippen molar-refractivity contribution in [3.05, 3.63) is 0 Å². The maximum Gasteiger partial charge on any atom is 0.0637 e. The van der Waals surface area contributed by atoms with Gasteiger partial charge in [0.05, 0.1) is 5.66 Å². The Morgan fingerprint density at radius 3 is 1.56 bits per heavy atom. The van der Waals surface area contributed by atoms with Crippen molar-refractivity contribution in [2.45, 2.75) is 57.0 Å². The van der Waals surface area contributed by atoms with Crippen LogP contribution >= 0.6 is 0 Å². The van der Waals surface area contributed by atoms with Gasteiger partial charge in [0.15, 0.2) is 0 Å². The fraction of sp³-hybridized carbons (Fsp3) is 1.00. The Bertz CT molecular complexity index is 183. The van der Waals surface area contributed by atoms with Gasteiger partial charge in [-0.25, -0.2) is 0 Å². The highest BCUT2D eigenvalue weighted by Crippen LogP contribution is 2.45. The van der Waals surface area contributed by atoms with Crippen molar-refractivity contribution in [2.24, 2.45) is 28.3 Å². The molecule has 4 heteroatoms. The summed E-state index contributed by atoms with van der Waals surface area (Å²) in [6, 6.07) is 0. The summed E-state index contributed by atoms with van der Waals surface area (Å²) in [6.07, 6.45) is 8.77. The third kappa shape index (κ3) is 4.01. The van der Waals surface area contributed by atoms with Crippen molar-refractivity contribution >= 4 is 0 Å². The third-order valence-corrected chi connectivity index (χ3v) is 4.06. The Balaban J connectivity index is 2.51. The summed E-state index contributed by atoms with van der Waals surface area (Å²) in [6.45, 7) is 1.56. The quantitative estimate of drug-likeness (QED) is 0.501.